The van der Waals surface area contributed by atoms with Crippen molar-refractivity contribution in [3.05, 3.63) is 0 Å². The molecule has 1 rings (SSSR count). The number of hydrogen-bond acceptors (Lipinski definition) is 4. The van der Waals surface area contributed by atoms with Crippen molar-refractivity contribution in [3.8, 4) is 0 Å². The summed E-state index contributed by atoms with van der Waals surface area (Å²) in [6, 6.07) is 0.198. The van der Waals surface area contributed by atoms with Crippen LogP contribution in [0.25, 0.3) is 0 Å². The highest BCUT2D eigenvalue weighted by molar-refractivity contribution is 7.88. The molecule has 2 N–H and O–H groups in total. The fourth-order valence-electron chi connectivity index (χ4n) is 2.28. The third kappa shape index (κ3) is 4.91. The molecule has 0 radical (unpaired) electrons. The molecular formula is C11H24N2O3S. The number of nitrogens with zero attached hydrogens (tertiary/aromatic N) is 1. The van der Waals surface area contributed by atoms with Gasteiger partial charge in [-0.05, 0) is 32.2 Å². The molecule has 1 fully saturated rings. The summed E-state index contributed by atoms with van der Waals surface area (Å²) in [6.07, 6.45) is 4.76. The smallest absolute Gasteiger partial charge is 0.211 e. The van der Waals surface area contributed by atoms with Gasteiger partial charge in [0.15, 0.2) is 0 Å². The normalized spacial score (nSPS) is 25.6. The molecule has 5 nitrogen and oxygen atoms in total. The van der Waals surface area contributed by atoms with Crippen LogP contribution in [-0.4, -0.2) is 55.9 Å². The first-order valence-electron chi connectivity index (χ1n) is 6.31. The second-order valence-corrected chi connectivity index (χ2v) is 6.65. The van der Waals surface area contributed by atoms with Crippen molar-refractivity contribution in [3.63, 3.8) is 0 Å². The van der Waals surface area contributed by atoms with Crippen LogP contribution >= 0.6 is 0 Å². The molecule has 1 saturated carbocycles. The van der Waals surface area contributed by atoms with Crippen LogP contribution in [0, 0.1) is 0 Å². The van der Waals surface area contributed by atoms with Crippen molar-refractivity contribution < 1.29 is 13.5 Å². The second-order valence-electron chi connectivity index (χ2n) is 4.67. The first-order chi connectivity index (χ1) is 7.95. The summed E-state index contributed by atoms with van der Waals surface area (Å²) in [5.41, 5.74) is 0. The third-order valence-electron chi connectivity index (χ3n) is 3.29. The molecule has 17 heavy (non-hydrogen) atoms. The first-order valence-corrected chi connectivity index (χ1v) is 8.16. The molecule has 0 amide bonds. The highest BCUT2D eigenvalue weighted by Crippen LogP contribution is 2.18. The van der Waals surface area contributed by atoms with Gasteiger partial charge in [-0.1, -0.05) is 6.92 Å². The van der Waals surface area contributed by atoms with Gasteiger partial charge in [-0.2, -0.15) is 0 Å². The lowest BCUT2D eigenvalue weighted by molar-refractivity contribution is 0.149. The van der Waals surface area contributed by atoms with E-state index in [0.29, 0.717) is 13.1 Å². The molecule has 1 aliphatic carbocycles. The Balaban J connectivity index is 2.19. The number of hydrogen-bond donors (Lipinski definition) is 2. The van der Waals surface area contributed by atoms with Crippen molar-refractivity contribution >= 4 is 10.0 Å². The fraction of sp³-hybridized carbons (Fsp3) is 1.00. The van der Waals surface area contributed by atoms with Gasteiger partial charge in [0.2, 0.25) is 10.0 Å². The predicted molar refractivity (Wildman–Crippen MR) is 68.4 cm³/mol. The summed E-state index contributed by atoms with van der Waals surface area (Å²) < 4.78 is 24.1. The monoisotopic (exact) mass is 264 g/mol. The van der Waals surface area contributed by atoms with Gasteiger partial charge in [0.1, 0.15) is 0 Å². The van der Waals surface area contributed by atoms with Crippen LogP contribution < -0.4 is 5.32 Å². The largest absolute Gasteiger partial charge is 0.392 e. The van der Waals surface area contributed by atoms with Crippen LogP contribution in [-0.2, 0) is 10.0 Å². The van der Waals surface area contributed by atoms with Crippen LogP contribution in [0.1, 0.15) is 32.6 Å². The fourth-order valence-corrected chi connectivity index (χ4v) is 3.21. The van der Waals surface area contributed by atoms with E-state index in [2.05, 4.69) is 5.32 Å². The molecule has 0 aromatic carbocycles. The summed E-state index contributed by atoms with van der Waals surface area (Å²) in [7, 11) is -3.07. The Morgan fingerprint density at radius 1 is 1.41 bits per heavy atom. The summed E-state index contributed by atoms with van der Waals surface area (Å²) in [6.45, 7) is 3.67. The molecule has 1 aliphatic rings. The zero-order valence-electron chi connectivity index (χ0n) is 10.7. The van der Waals surface area contributed by atoms with Crippen molar-refractivity contribution in [2.24, 2.45) is 0 Å². The lowest BCUT2D eigenvalue weighted by atomic mass is 10.2. The first kappa shape index (κ1) is 14.9. The average Bonchev–Trinajstić information content (AvgIpc) is 2.62. The number of aliphatic hydroxyl groups excluding tert-OH is 1. The van der Waals surface area contributed by atoms with Gasteiger partial charge in [0, 0.05) is 19.1 Å². The standard InChI is InChI=1S/C11H24N2O3S/c1-3-13(17(2,15)16)9-5-8-12-10-6-4-7-11(10)14/h10-12,14H,3-9H2,1-2H3. The van der Waals surface area contributed by atoms with E-state index in [9.17, 15) is 13.5 Å². The van der Waals surface area contributed by atoms with E-state index in [0.717, 1.165) is 32.2 Å². The van der Waals surface area contributed by atoms with Gasteiger partial charge in [0.25, 0.3) is 0 Å². The van der Waals surface area contributed by atoms with E-state index >= 15 is 0 Å². The van der Waals surface area contributed by atoms with E-state index in [-0.39, 0.29) is 12.1 Å². The third-order valence-corrected chi connectivity index (χ3v) is 4.67. The van der Waals surface area contributed by atoms with E-state index in [1.165, 1.54) is 10.6 Å². The predicted octanol–water partition coefficient (Wildman–Crippen LogP) is 0.161. The van der Waals surface area contributed by atoms with Crippen molar-refractivity contribution in [2.45, 2.75) is 44.8 Å². The van der Waals surface area contributed by atoms with E-state index < -0.39 is 10.0 Å². The van der Waals surface area contributed by atoms with Crippen LogP contribution in [0.4, 0.5) is 0 Å². The van der Waals surface area contributed by atoms with Crippen LogP contribution in [0.5, 0.6) is 0 Å². The lowest BCUT2D eigenvalue weighted by Gasteiger charge is -2.20. The summed E-state index contributed by atoms with van der Waals surface area (Å²) in [5.74, 6) is 0. The molecule has 0 saturated heterocycles. The topological polar surface area (TPSA) is 69.6 Å². The maximum atomic E-state index is 11.3. The van der Waals surface area contributed by atoms with Gasteiger partial charge >= 0.3 is 0 Å². The second kappa shape index (κ2) is 6.68. The summed E-state index contributed by atoms with van der Waals surface area (Å²) in [5, 5.41) is 12.9. The minimum atomic E-state index is -3.07. The van der Waals surface area contributed by atoms with Gasteiger partial charge in [0.05, 0.1) is 12.4 Å². The lowest BCUT2D eigenvalue weighted by Crippen LogP contribution is -2.38. The Kier molecular flexibility index (Phi) is 5.85. The van der Waals surface area contributed by atoms with Crippen LogP contribution in [0.2, 0.25) is 0 Å². The number of nitrogens with one attached hydrogen (secondary N) is 1. The maximum Gasteiger partial charge on any atom is 0.211 e. The van der Waals surface area contributed by atoms with Gasteiger partial charge < -0.3 is 10.4 Å². The average molecular weight is 264 g/mol. The highest BCUT2D eigenvalue weighted by Gasteiger charge is 2.24. The Hall–Kier alpha value is -0.170. The van der Waals surface area contributed by atoms with Crippen LogP contribution in [0.15, 0.2) is 0 Å². The molecular weight excluding hydrogens is 240 g/mol. The summed E-state index contributed by atoms with van der Waals surface area (Å²) >= 11 is 0. The van der Waals surface area contributed by atoms with Crippen molar-refractivity contribution in [2.75, 3.05) is 25.9 Å². The molecule has 0 spiro atoms. The van der Waals surface area contributed by atoms with Crippen molar-refractivity contribution in [1.29, 1.82) is 0 Å². The van der Waals surface area contributed by atoms with E-state index in [1.54, 1.807) is 0 Å². The Labute approximate surface area is 104 Å². The number of aliphatic hydroxyl groups is 1. The molecule has 0 aromatic rings. The zero-order chi connectivity index (χ0) is 12.9. The molecule has 2 unspecified atom stereocenters. The highest BCUT2D eigenvalue weighted by atomic mass is 32.2. The summed E-state index contributed by atoms with van der Waals surface area (Å²) in [4.78, 5) is 0. The minimum absolute atomic E-state index is 0.198. The number of rotatable bonds is 7. The van der Waals surface area contributed by atoms with Gasteiger partial charge in [-0.3, -0.25) is 0 Å². The molecule has 6 heteroatoms. The molecule has 0 bridgehead atoms. The van der Waals surface area contributed by atoms with Crippen LogP contribution in [0.3, 0.4) is 0 Å². The van der Waals surface area contributed by atoms with E-state index in [1.807, 2.05) is 6.92 Å². The quantitative estimate of drug-likeness (QED) is 0.643. The Morgan fingerprint density at radius 3 is 2.59 bits per heavy atom. The molecule has 0 aromatic heterocycles. The number of sulfonamides is 1. The van der Waals surface area contributed by atoms with Crippen molar-refractivity contribution in [1.82, 2.24) is 9.62 Å². The Bertz CT molecular complexity index is 319. The Morgan fingerprint density at radius 2 is 2.12 bits per heavy atom. The van der Waals surface area contributed by atoms with Gasteiger partial charge in [-0.25, -0.2) is 12.7 Å². The van der Waals surface area contributed by atoms with E-state index in [4.69, 9.17) is 0 Å². The minimum Gasteiger partial charge on any atom is -0.392 e. The molecule has 0 heterocycles. The molecule has 102 valence electrons. The zero-order valence-corrected chi connectivity index (χ0v) is 11.5. The SMILES string of the molecule is CCN(CCCNC1CCCC1O)S(C)(=O)=O. The molecule has 2 atom stereocenters. The maximum absolute atomic E-state index is 11.3. The van der Waals surface area contributed by atoms with Gasteiger partial charge in [-0.15, -0.1) is 0 Å². The molecule has 0 aliphatic heterocycles.